The van der Waals surface area contributed by atoms with Gasteiger partial charge in [0, 0.05) is 6.04 Å². The number of benzene rings is 1. The molecule has 0 radical (unpaired) electrons. The lowest BCUT2D eigenvalue weighted by atomic mass is 10.1. The van der Waals surface area contributed by atoms with Crippen LogP contribution in [0.1, 0.15) is 37.4 Å². The third-order valence-corrected chi connectivity index (χ3v) is 4.08. The predicted molar refractivity (Wildman–Crippen MR) is 72.2 cm³/mol. The molecule has 1 atom stereocenters. The van der Waals surface area contributed by atoms with E-state index < -0.39 is 0 Å². The van der Waals surface area contributed by atoms with Crippen LogP contribution in [0, 0.1) is 5.82 Å². The predicted octanol–water partition coefficient (Wildman–Crippen LogP) is 3.24. The molecule has 1 aliphatic rings. The molecule has 1 aromatic rings. The van der Waals surface area contributed by atoms with Gasteiger partial charge in [0.2, 0.25) is 0 Å². The summed E-state index contributed by atoms with van der Waals surface area (Å²) in [7, 11) is 1.98. The van der Waals surface area contributed by atoms with Crippen LogP contribution in [0.15, 0.2) is 18.2 Å². The molecule has 1 aliphatic carbocycles. The Morgan fingerprint density at radius 2 is 2.28 bits per heavy atom. The number of fused-ring (bicyclic) bond motifs is 1. The molecule has 0 bridgehead atoms. The van der Waals surface area contributed by atoms with Crippen LogP contribution in [0.4, 0.5) is 4.39 Å². The van der Waals surface area contributed by atoms with Crippen molar-refractivity contribution in [3.05, 3.63) is 35.1 Å². The highest BCUT2D eigenvalue weighted by atomic mass is 32.2. The minimum Gasteiger partial charge on any atom is -0.226 e. The Balaban J connectivity index is 1.86. The number of rotatable bonds is 5. The minimum atomic E-state index is -0.163. The maximum absolute atomic E-state index is 13.1. The second-order valence-electron chi connectivity index (χ2n) is 4.85. The molecule has 1 unspecified atom stereocenters. The SMILES string of the molecule is CC(C)N(C)SONC1CCc2cc(F)ccc21. The van der Waals surface area contributed by atoms with Gasteiger partial charge in [-0.25, -0.2) is 13.0 Å². The molecular weight excluding hydrogens is 251 g/mol. The minimum absolute atomic E-state index is 0.161. The molecule has 1 aromatic carbocycles. The van der Waals surface area contributed by atoms with Gasteiger partial charge in [-0.3, -0.25) is 0 Å². The van der Waals surface area contributed by atoms with Gasteiger partial charge in [-0.15, -0.1) is 0 Å². The fraction of sp³-hybridized carbons (Fsp3) is 0.538. The molecule has 18 heavy (non-hydrogen) atoms. The Morgan fingerprint density at radius 3 is 3.00 bits per heavy atom. The van der Waals surface area contributed by atoms with Crippen molar-refractivity contribution in [3.8, 4) is 0 Å². The van der Waals surface area contributed by atoms with Gasteiger partial charge < -0.3 is 0 Å². The molecule has 0 heterocycles. The molecule has 0 saturated carbocycles. The summed E-state index contributed by atoms with van der Waals surface area (Å²) in [6.45, 7) is 4.20. The van der Waals surface area contributed by atoms with Crippen LogP contribution in [-0.4, -0.2) is 17.4 Å². The summed E-state index contributed by atoms with van der Waals surface area (Å²) in [4.78, 5) is 0. The zero-order valence-electron chi connectivity index (χ0n) is 10.9. The summed E-state index contributed by atoms with van der Waals surface area (Å²) in [6.07, 6.45) is 1.85. The van der Waals surface area contributed by atoms with E-state index in [2.05, 4.69) is 19.3 Å². The van der Waals surface area contributed by atoms with Gasteiger partial charge >= 0.3 is 0 Å². The molecule has 0 aliphatic heterocycles. The Hall–Kier alpha value is -0.620. The van der Waals surface area contributed by atoms with Crippen LogP contribution in [0.5, 0.6) is 0 Å². The van der Waals surface area contributed by atoms with Crippen molar-refractivity contribution in [2.24, 2.45) is 0 Å². The Morgan fingerprint density at radius 1 is 1.50 bits per heavy atom. The van der Waals surface area contributed by atoms with E-state index in [1.165, 1.54) is 18.3 Å². The largest absolute Gasteiger partial charge is 0.226 e. The average Bonchev–Trinajstić information content (AvgIpc) is 2.71. The molecule has 2 rings (SSSR count). The summed E-state index contributed by atoms with van der Waals surface area (Å²) in [6, 6.07) is 5.54. The van der Waals surface area contributed by atoms with Crippen LogP contribution in [0.25, 0.3) is 0 Å². The molecule has 0 aromatic heterocycles. The number of hydrogen-bond acceptors (Lipinski definition) is 4. The van der Waals surface area contributed by atoms with Crippen LogP contribution in [0.3, 0.4) is 0 Å². The standard InChI is InChI=1S/C13H19FN2OS/c1-9(2)16(3)18-17-15-13-7-4-10-8-11(14)5-6-12(10)13/h5-6,8-9,13,15H,4,7H2,1-3H3. The number of halogens is 1. The van der Waals surface area contributed by atoms with Crippen molar-refractivity contribution in [2.75, 3.05) is 7.05 Å². The molecule has 0 spiro atoms. The van der Waals surface area contributed by atoms with Gasteiger partial charge in [0.25, 0.3) is 0 Å². The number of aryl methyl sites for hydroxylation is 1. The molecule has 0 saturated heterocycles. The first-order chi connectivity index (χ1) is 8.58. The highest BCUT2D eigenvalue weighted by Crippen LogP contribution is 2.32. The summed E-state index contributed by atoms with van der Waals surface area (Å²) in [5.41, 5.74) is 5.27. The summed E-state index contributed by atoms with van der Waals surface area (Å²) < 4.78 is 20.5. The van der Waals surface area contributed by atoms with Crippen molar-refractivity contribution in [1.82, 2.24) is 9.79 Å². The average molecular weight is 270 g/mol. The van der Waals surface area contributed by atoms with Crippen molar-refractivity contribution in [2.45, 2.75) is 38.8 Å². The smallest absolute Gasteiger partial charge is 0.123 e. The molecular formula is C13H19FN2OS. The monoisotopic (exact) mass is 270 g/mol. The lowest BCUT2D eigenvalue weighted by Crippen LogP contribution is -2.23. The number of nitrogens with zero attached hydrogens (tertiary/aromatic N) is 1. The first-order valence-electron chi connectivity index (χ1n) is 6.18. The van der Waals surface area contributed by atoms with Gasteiger partial charge in [-0.2, -0.15) is 5.48 Å². The van der Waals surface area contributed by atoms with Gasteiger partial charge in [0.05, 0.1) is 6.04 Å². The number of nitrogens with one attached hydrogen (secondary N) is 1. The summed E-state index contributed by atoms with van der Waals surface area (Å²) in [5, 5.41) is 0. The lowest BCUT2D eigenvalue weighted by molar-refractivity contribution is 0.178. The zero-order valence-corrected chi connectivity index (χ0v) is 11.8. The maximum atomic E-state index is 13.1. The van der Waals surface area contributed by atoms with E-state index in [1.807, 2.05) is 17.4 Å². The van der Waals surface area contributed by atoms with Gasteiger partial charge in [-0.05, 0) is 57.0 Å². The highest BCUT2D eigenvalue weighted by Gasteiger charge is 2.23. The molecule has 3 nitrogen and oxygen atoms in total. The van der Waals surface area contributed by atoms with Crippen LogP contribution in [-0.2, 0) is 10.7 Å². The summed E-state index contributed by atoms with van der Waals surface area (Å²) >= 11 is 1.30. The Kier molecular flexibility index (Phi) is 4.61. The van der Waals surface area contributed by atoms with Crippen molar-refractivity contribution in [3.63, 3.8) is 0 Å². The van der Waals surface area contributed by atoms with Crippen LogP contribution in [0.2, 0.25) is 0 Å². The van der Waals surface area contributed by atoms with E-state index in [4.69, 9.17) is 4.28 Å². The fourth-order valence-electron chi connectivity index (χ4n) is 1.93. The van der Waals surface area contributed by atoms with E-state index in [0.29, 0.717) is 6.04 Å². The van der Waals surface area contributed by atoms with Crippen LogP contribution < -0.4 is 5.48 Å². The van der Waals surface area contributed by atoms with E-state index in [1.54, 1.807) is 6.07 Å². The van der Waals surface area contributed by atoms with Crippen molar-refractivity contribution >= 4 is 12.2 Å². The normalized spacial score (nSPS) is 18.7. The third kappa shape index (κ3) is 3.23. The molecule has 1 N–H and O–H groups in total. The van der Waals surface area contributed by atoms with E-state index in [0.717, 1.165) is 24.0 Å². The zero-order chi connectivity index (χ0) is 13.1. The Bertz CT molecular complexity index is 414. The van der Waals surface area contributed by atoms with Crippen molar-refractivity contribution < 1.29 is 8.67 Å². The first kappa shape index (κ1) is 13.8. The number of hydroxylamine groups is 1. The second kappa shape index (κ2) is 6.02. The van der Waals surface area contributed by atoms with E-state index >= 15 is 0 Å². The number of hydrogen-bond donors (Lipinski definition) is 1. The molecule has 5 heteroatoms. The first-order valence-corrected chi connectivity index (χ1v) is 6.88. The van der Waals surface area contributed by atoms with Gasteiger partial charge in [0.15, 0.2) is 0 Å². The second-order valence-corrected chi connectivity index (χ2v) is 5.74. The van der Waals surface area contributed by atoms with Crippen LogP contribution >= 0.6 is 12.2 Å². The van der Waals surface area contributed by atoms with Gasteiger partial charge in [-0.1, -0.05) is 6.07 Å². The van der Waals surface area contributed by atoms with Crippen molar-refractivity contribution in [1.29, 1.82) is 0 Å². The quantitative estimate of drug-likeness (QED) is 0.504. The third-order valence-electron chi connectivity index (χ3n) is 3.26. The molecule has 0 amide bonds. The molecule has 0 fully saturated rings. The molecule has 100 valence electrons. The summed E-state index contributed by atoms with van der Waals surface area (Å²) in [5.74, 6) is -0.163. The Labute approximate surface area is 112 Å². The van der Waals surface area contributed by atoms with E-state index in [9.17, 15) is 4.39 Å². The highest BCUT2D eigenvalue weighted by molar-refractivity contribution is 7.92. The topological polar surface area (TPSA) is 24.5 Å². The fourth-order valence-corrected chi connectivity index (χ4v) is 2.38. The van der Waals surface area contributed by atoms with Gasteiger partial charge in [0.1, 0.15) is 18.0 Å². The maximum Gasteiger partial charge on any atom is 0.123 e. The lowest BCUT2D eigenvalue weighted by Gasteiger charge is -2.20. The van der Waals surface area contributed by atoms with E-state index in [-0.39, 0.29) is 11.9 Å².